The van der Waals surface area contributed by atoms with Crippen molar-refractivity contribution in [2.75, 3.05) is 7.11 Å². The molecule has 0 spiro atoms. The number of aromatic hydroxyl groups is 1. The highest BCUT2D eigenvalue weighted by atomic mass is 16.5. The number of carbonyl (C=O) groups excluding carboxylic acids is 2. The number of carbonyl (C=O) groups is 2. The first kappa shape index (κ1) is 16.4. The van der Waals surface area contributed by atoms with Crippen LogP contribution in [0.4, 0.5) is 0 Å². The van der Waals surface area contributed by atoms with Crippen molar-refractivity contribution in [2.24, 2.45) is 4.99 Å². The van der Waals surface area contributed by atoms with E-state index < -0.39 is 11.5 Å². The van der Waals surface area contributed by atoms with Gasteiger partial charge in [-0.2, -0.15) is 0 Å². The summed E-state index contributed by atoms with van der Waals surface area (Å²) in [5.41, 5.74) is -0.899. The smallest absolute Gasteiger partial charge is 0.340 e. The predicted octanol–water partition coefficient (Wildman–Crippen LogP) is 1.34. The van der Waals surface area contributed by atoms with E-state index in [9.17, 15) is 14.7 Å². The van der Waals surface area contributed by atoms with E-state index in [1.165, 1.54) is 13.2 Å². The molecule has 0 aliphatic carbocycles. The van der Waals surface area contributed by atoms with Crippen LogP contribution in [0.5, 0.6) is 5.75 Å². The van der Waals surface area contributed by atoms with Gasteiger partial charge in [0, 0.05) is 0 Å². The molecule has 2 rings (SSSR count). The molecular formula is C16H17N3O4. The first-order valence-electron chi connectivity index (χ1n) is 6.88. The minimum Gasteiger partial charge on any atom is -0.506 e. The van der Waals surface area contributed by atoms with Crippen LogP contribution in [0.2, 0.25) is 0 Å². The molecule has 0 saturated heterocycles. The molecule has 0 unspecified atom stereocenters. The first-order chi connectivity index (χ1) is 11.0. The number of nitrogens with one attached hydrogen (secondary N) is 1. The summed E-state index contributed by atoms with van der Waals surface area (Å²) in [4.78, 5) is 32.6. The van der Waals surface area contributed by atoms with Crippen LogP contribution < -0.4 is 5.32 Å². The molecule has 0 atom stereocenters. The fourth-order valence-corrected chi connectivity index (χ4v) is 2.37. The Labute approximate surface area is 133 Å². The Morgan fingerprint density at radius 1 is 1.43 bits per heavy atom. The molecule has 1 aromatic heterocycles. The van der Waals surface area contributed by atoms with Gasteiger partial charge in [0.2, 0.25) is 0 Å². The van der Waals surface area contributed by atoms with Gasteiger partial charge in [0.1, 0.15) is 17.0 Å². The van der Waals surface area contributed by atoms with E-state index >= 15 is 0 Å². The number of amides is 1. The van der Waals surface area contributed by atoms with Crippen molar-refractivity contribution >= 4 is 17.7 Å². The summed E-state index contributed by atoms with van der Waals surface area (Å²) in [6, 6.07) is 1.21. The van der Waals surface area contributed by atoms with Gasteiger partial charge < -0.3 is 15.2 Å². The number of pyridine rings is 1. The van der Waals surface area contributed by atoms with Crippen molar-refractivity contribution in [2.45, 2.75) is 18.4 Å². The normalized spacial score (nSPS) is 15.5. The summed E-state index contributed by atoms with van der Waals surface area (Å²) in [5, 5.41) is 12.2. The van der Waals surface area contributed by atoms with Crippen molar-refractivity contribution in [3.63, 3.8) is 0 Å². The van der Waals surface area contributed by atoms with Gasteiger partial charge in [-0.05, 0) is 18.9 Å². The van der Waals surface area contributed by atoms with E-state index in [1.54, 1.807) is 12.2 Å². The van der Waals surface area contributed by atoms with Crippen LogP contribution in [-0.4, -0.2) is 40.5 Å². The standard InChI is InChI=1S/C16H17N3O4/c1-4-6-16(7-5-2)15(22)18-13(19-16)12-11(14(21)23-3)8-10(20)9-17-12/h4-5,8-9,20H,1-2,6-7H2,3H3,(H,18,19,22). The molecule has 1 aromatic rings. The molecule has 120 valence electrons. The third-order valence-electron chi connectivity index (χ3n) is 3.45. The van der Waals surface area contributed by atoms with Crippen LogP contribution in [0.1, 0.15) is 28.9 Å². The minimum atomic E-state index is -1.05. The van der Waals surface area contributed by atoms with E-state index in [0.29, 0.717) is 12.8 Å². The molecular weight excluding hydrogens is 298 g/mol. The van der Waals surface area contributed by atoms with Crippen molar-refractivity contribution < 1.29 is 19.4 Å². The lowest BCUT2D eigenvalue weighted by Gasteiger charge is -2.19. The number of hydrogen-bond acceptors (Lipinski definition) is 6. The Balaban J connectivity index is 2.54. The van der Waals surface area contributed by atoms with Crippen molar-refractivity contribution in [3.05, 3.63) is 48.8 Å². The average molecular weight is 315 g/mol. The van der Waals surface area contributed by atoms with Crippen LogP contribution in [0.3, 0.4) is 0 Å². The van der Waals surface area contributed by atoms with Crippen molar-refractivity contribution in [1.29, 1.82) is 0 Å². The molecule has 0 bridgehead atoms. The molecule has 0 radical (unpaired) electrons. The lowest BCUT2D eigenvalue weighted by atomic mass is 9.92. The monoisotopic (exact) mass is 315 g/mol. The predicted molar refractivity (Wildman–Crippen MR) is 84.3 cm³/mol. The van der Waals surface area contributed by atoms with Crippen LogP contribution in [-0.2, 0) is 9.53 Å². The highest BCUT2D eigenvalue weighted by Crippen LogP contribution is 2.28. The van der Waals surface area contributed by atoms with E-state index in [-0.39, 0.29) is 28.7 Å². The Bertz CT molecular complexity index is 699. The maximum Gasteiger partial charge on any atom is 0.340 e. The molecule has 1 aliphatic rings. The highest BCUT2D eigenvalue weighted by molar-refractivity contribution is 6.17. The van der Waals surface area contributed by atoms with Crippen LogP contribution in [0.15, 0.2) is 42.6 Å². The topological polar surface area (TPSA) is 101 Å². The number of methoxy groups -OCH3 is 1. The highest BCUT2D eigenvalue weighted by Gasteiger charge is 2.42. The Morgan fingerprint density at radius 3 is 2.65 bits per heavy atom. The van der Waals surface area contributed by atoms with Crippen LogP contribution >= 0.6 is 0 Å². The molecule has 0 aromatic carbocycles. The molecule has 1 amide bonds. The number of hydrogen-bond donors (Lipinski definition) is 2. The number of aromatic nitrogens is 1. The number of nitrogens with zero attached hydrogens (tertiary/aromatic N) is 2. The van der Waals surface area contributed by atoms with Gasteiger partial charge in [0.15, 0.2) is 5.84 Å². The van der Waals surface area contributed by atoms with E-state index in [0.717, 1.165) is 6.20 Å². The molecule has 2 N–H and O–H groups in total. The average Bonchev–Trinajstić information content (AvgIpc) is 2.84. The number of esters is 1. The molecule has 1 aliphatic heterocycles. The van der Waals surface area contributed by atoms with E-state index in [1.807, 2.05) is 0 Å². The summed E-state index contributed by atoms with van der Waals surface area (Å²) in [5.74, 6) is -1.05. The van der Waals surface area contributed by atoms with E-state index in [2.05, 4.69) is 33.2 Å². The Morgan fingerprint density at radius 2 is 2.09 bits per heavy atom. The Hall–Kier alpha value is -2.96. The molecule has 7 heteroatoms. The second kappa shape index (κ2) is 6.43. The minimum absolute atomic E-state index is 0.0135. The second-order valence-corrected chi connectivity index (χ2v) is 5.01. The summed E-state index contributed by atoms with van der Waals surface area (Å²) < 4.78 is 4.68. The molecule has 0 fully saturated rings. The third kappa shape index (κ3) is 2.98. The van der Waals surface area contributed by atoms with Gasteiger partial charge in [0.25, 0.3) is 5.91 Å². The maximum absolute atomic E-state index is 12.4. The maximum atomic E-state index is 12.4. The van der Waals surface area contributed by atoms with Gasteiger partial charge in [-0.25, -0.2) is 14.8 Å². The number of amidine groups is 1. The molecule has 0 saturated carbocycles. The first-order valence-corrected chi connectivity index (χ1v) is 6.88. The van der Waals surface area contributed by atoms with Crippen LogP contribution in [0, 0.1) is 0 Å². The van der Waals surface area contributed by atoms with Crippen molar-refractivity contribution in [3.8, 4) is 5.75 Å². The van der Waals surface area contributed by atoms with Gasteiger partial charge in [-0.3, -0.25) is 4.79 Å². The number of aliphatic imine (C=N–C) groups is 1. The number of ether oxygens (including phenoxy) is 1. The summed E-state index contributed by atoms with van der Waals surface area (Å²) in [7, 11) is 1.21. The molecule has 7 nitrogen and oxygen atoms in total. The quantitative estimate of drug-likeness (QED) is 0.609. The largest absolute Gasteiger partial charge is 0.506 e. The van der Waals surface area contributed by atoms with Gasteiger partial charge in [-0.15, -0.1) is 13.2 Å². The SMILES string of the molecule is C=CCC1(CC=C)N=C(c2ncc(O)cc2C(=O)OC)NC1=O. The van der Waals surface area contributed by atoms with E-state index in [4.69, 9.17) is 0 Å². The molecule has 23 heavy (non-hydrogen) atoms. The van der Waals surface area contributed by atoms with Gasteiger partial charge in [-0.1, -0.05) is 12.2 Å². The summed E-state index contributed by atoms with van der Waals surface area (Å²) >= 11 is 0. The van der Waals surface area contributed by atoms with Crippen molar-refractivity contribution in [1.82, 2.24) is 10.3 Å². The zero-order valence-electron chi connectivity index (χ0n) is 12.7. The molecule has 2 heterocycles. The summed E-state index contributed by atoms with van der Waals surface area (Å²) in [6.45, 7) is 7.30. The third-order valence-corrected chi connectivity index (χ3v) is 3.45. The fourth-order valence-electron chi connectivity index (χ4n) is 2.37. The summed E-state index contributed by atoms with van der Waals surface area (Å²) in [6.07, 6.45) is 5.00. The van der Waals surface area contributed by atoms with Gasteiger partial charge in [0.05, 0.1) is 18.9 Å². The lowest BCUT2D eigenvalue weighted by molar-refractivity contribution is -0.123. The zero-order valence-corrected chi connectivity index (χ0v) is 12.7. The zero-order chi connectivity index (χ0) is 17.0. The van der Waals surface area contributed by atoms with Gasteiger partial charge >= 0.3 is 5.97 Å². The fraction of sp³-hybridized carbons (Fsp3) is 0.250. The lowest BCUT2D eigenvalue weighted by Crippen LogP contribution is -2.39. The second-order valence-electron chi connectivity index (χ2n) is 5.01. The Kier molecular flexibility index (Phi) is 4.59. The van der Waals surface area contributed by atoms with Crippen LogP contribution in [0.25, 0.3) is 0 Å². The number of rotatable bonds is 6.